The van der Waals surface area contributed by atoms with Crippen LogP contribution >= 0.6 is 0 Å². The second-order valence-electron chi connectivity index (χ2n) is 7.57. The molecule has 1 aliphatic rings. The molecule has 0 saturated carbocycles. The van der Waals surface area contributed by atoms with Crippen molar-refractivity contribution in [2.45, 2.75) is 32.2 Å². The summed E-state index contributed by atoms with van der Waals surface area (Å²) in [7, 11) is 0. The zero-order valence-electron chi connectivity index (χ0n) is 17.1. The van der Waals surface area contributed by atoms with Crippen LogP contribution in [0.5, 0.6) is 0 Å². The molecule has 160 valence electrons. The Bertz CT molecular complexity index is 1060. The van der Waals surface area contributed by atoms with Gasteiger partial charge in [-0.25, -0.2) is 14.4 Å². The highest BCUT2D eigenvalue weighted by molar-refractivity contribution is 5.94. The maximum atomic E-state index is 13.0. The number of aromatic nitrogens is 4. The first-order valence-corrected chi connectivity index (χ1v) is 10.2. The molecule has 1 aliphatic heterocycles. The third-order valence-corrected chi connectivity index (χ3v) is 5.49. The van der Waals surface area contributed by atoms with Crippen LogP contribution in [-0.2, 0) is 6.54 Å². The summed E-state index contributed by atoms with van der Waals surface area (Å²) >= 11 is 0. The van der Waals surface area contributed by atoms with Gasteiger partial charge >= 0.3 is 0 Å². The molecule has 0 atom stereocenters. The Labute approximate surface area is 178 Å². The summed E-state index contributed by atoms with van der Waals surface area (Å²) < 4.78 is 13.0. The Balaban J connectivity index is 1.34. The molecular formula is C22H23FN6O2. The Kier molecular flexibility index (Phi) is 6.01. The van der Waals surface area contributed by atoms with Crippen LogP contribution in [0, 0.1) is 12.7 Å². The number of amides is 2. The van der Waals surface area contributed by atoms with Gasteiger partial charge in [-0.2, -0.15) is 5.10 Å². The number of H-pyrrole nitrogens is 1. The van der Waals surface area contributed by atoms with Gasteiger partial charge in [0.15, 0.2) is 0 Å². The second-order valence-corrected chi connectivity index (χ2v) is 7.57. The van der Waals surface area contributed by atoms with E-state index in [2.05, 4.69) is 25.5 Å². The van der Waals surface area contributed by atoms with E-state index in [-0.39, 0.29) is 23.5 Å². The van der Waals surface area contributed by atoms with E-state index in [0.29, 0.717) is 42.4 Å². The van der Waals surface area contributed by atoms with Crippen LogP contribution in [0.25, 0.3) is 0 Å². The number of aromatic amines is 1. The van der Waals surface area contributed by atoms with Crippen molar-refractivity contribution in [3.63, 3.8) is 0 Å². The fourth-order valence-electron chi connectivity index (χ4n) is 3.67. The third kappa shape index (κ3) is 4.76. The van der Waals surface area contributed by atoms with E-state index in [9.17, 15) is 14.0 Å². The number of rotatable bonds is 5. The third-order valence-electron chi connectivity index (χ3n) is 5.49. The Morgan fingerprint density at radius 1 is 1.19 bits per heavy atom. The minimum atomic E-state index is -0.314. The van der Waals surface area contributed by atoms with Gasteiger partial charge in [-0.15, -0.1) is 0 Å². The molecule has 8 nitrogen and oxygen atoms in total. The van der Waals surface area contributed by atoms with Crippen molar-refractivity contribution in [2.75, 3.05) is 13.1 Å². The highest BCUT2D eigenvalue weighted by atomic mass is 19.1. The smallest absolute Gasteiger partial charge is 0.271 e. The number of piperidine rings is 1. The Morgan fingerprint density at radius 3 is 2.58 bits per heavy atom. The molecule has 31 heavy (non-hydrogen) atoms. The van der Waals surface area contributed by atoms with Crippen molar-refractivity contribution in [1.29, 1.82) is 0 Å². The minimum absolute atomic E-state index is 0.0544. The largest absolute Gasteiger partial charge is 0.348 e. The van der Waals surface area contributed by atoms with Gasteiger partial charge in [0.05, 0.1) is 11.3 Å². The van der Waals surface area contributed by atoms with Gasteiger partial charge in [0.25, 0.3) is 11.8 Å². The molecule has 0 spiro atoms. The molecule has 3 heterocycles. The number of hydrogen-bond acceptors (Lipinski definition) is 5. The monoisotopic (exact) mass is 422 g/mol. The van der Waals surface area contributed by atoms with E-state index in [1.54, 1.807) is 42.4 Å². The Hall–Kier alpha value is -3.62. The molecule has 1 aromatic carbocycles. The molecular weight excluding hydrogens is 399 g/mol. The van der Waals surface area contributed by atoms with E-state index in [0.717, 1.165) is 18.4 Å². The summed E-state index contributed by atoms with van der Waals surface area (Å²) in [6, 6.07) is 7.65. The summed E-state index contributed by atoms with van der Waals surface area (Å²) in [5.74, 6) is 0.197. The summed E-state index contributed by atoms with van der Waals surface area (Å²) in [5, 5.41) is 9.34. The molecule has 2 aromatic heterocycles. The van der Waals surface area contributed by atoms with Crippen LogP contribution in [0.3, 0.4) is 0 Å². The first kappa shape index (κ1) is 20.6. The molecule has 0 unspecified atom stereocenters. The molecule has 0 aliphatic carbocycles. The van der Waals surface area contributed by atoms with Crippen LogP contribution in [0.4, 0.5) is 4.39 Å². The van der Waals surface area contributed by atoms with E-state index >= 15 is 0 Å². The molecule has 0 radical (unpaired) electrons. The lowest BCUT2D eigenvalue weighted by Crippen LogP contribution is -2.38. The summed E-state index contributed by atoms with van der Waals surface area (Å²) in [5.41, 5.74) is 2.32. The van der Waals surface area contributed by atoms with Crippen molar-refractivity contribution in [3.8, 4) is 0 Å². The molecule has 2 N–H and O–H groups in total. The number of halogens is 1. The van der Waals surface area contributed by atoms with Gasteiger partial charge < -0.3 is 10.2 Å². The van der Waals surface area contributed by atoms with E-state index < -0.39 is 0 Å². The number of hydrogen-bond donors (Lipinski definition) is 2. The van der Waals surface area contributed by atoms with Gasteiger partial charge in [-0.05, 0) is 43.5 Å². The standard InChI is InChI=1S/C22H23FN6O2/c1-14-18(21(30)25-12-15-2-4-17(23)5-3-15)13-24-20(27-14)16-7-10-29(11-8-16)22(31)19-6-9-26-28-19/h2-6,9,13,16H,7-8,10-12H2,1H3,(H,25,30)(H,26,28). The fourth-order valence-corrected chi connectivity index (χ4v) is 3.67. The van der Waals surface area contributed by atoms with Crippen molar-refractivity contribution in [3.05, 3.63) is 76.9 Å². The molecule has 1 saturated heterocycles. The number of nitrogens with one attached hydrogen (secondary N) is 2. The SMILES string of the molecule is Cc1nc(C2CCN(C(=O)c3ccn[nH]3)CC2)ncc1C(=O)NCc1ccc(F)cc1. The topological polar surface area (TPSA) is 104 Å². The molecule has 3 aromatic rings. The average Bonchev–Trinajstić information content (AvgIpc) is 3.33. The van der Waals surface area contributed by atoms with Crippen LogP contribution in [0.15, 0.2) is 42.7 Å². The maximum Gasteiger partial charge on any atom is 0.271 e. The van der Waals surface area contributed by atoms with Crippen LogP contribution in [0.2, 0.25) is 0 Å². The summed E-state index contributed by atoms with van der Waals surface area (Å²) in [4.78, 5) is 35.7. The predicted octanol–water partition coefficient (Wildman–Crippen LogP) is 2.60. The normalized spacial score (nSPS) is 14.5. The lowest BCUT2D eigenvalue weighted by Gasteiger charge is -2.31. The highest BCUT2D eigenvalue weighted by Gasteiger charge is 2.27. The number of carbonyl (C=O) groups is 2. The number of likely N-dealkylation sites (tertiary alicyclic amines) is 1. The molecule has 4 rings (SSSR count). The van der Waals surface area contributed by atoms with Crippen molar-refractivity contribution in [1.82, 2.24) is 30.4 Å². The van der Waals surface area contributed by atoms with Crippen LogP contribution in [0.1, 0.15) is 56.7 Å². The highest BCUT2D eigenvalue weighted by Crippen LogP contribution is 2.26. The number of nitrogens with zero attached hydrogens (tertiary/aromatic N) is 4. The lowest BCUT2D eigenvalue weighted by molar-refractivity contribution is 0.0704. The molecule has 1 fully saturated rings. The van der Waals surface area contributed by atoms with Crippen LogP contribution in [-0.4, -0.2) is 50.0 Å². The van der Waals surface area contributed by atoms with Gasteiger partial charge in [0.2, 0.25) is 0 Å². The maximum absolute atomic E-state index is 13.0. The second kappa shape index (κ2) is 9.03. The molecule has 2 amide bonds. The van der Waals surface area contributed by atoms with Gasteiger partial charge in [0.1, 0.15) is 17.3 Å². The quantitative estimate of drug-likeness (QED) is 0.658. The first-order valence-electron chi connectivity index (χ1n) is 10.2. The van der Waals surface area contributed by atoms with Crippen molar-refractivity contribution < 1.29 is 14.0 Å². The van der Waals surface area contributed by atoms with Gasteiger partial charge in [-0.3, -0.25) is 14.7 Å². The fraction of sp³-hybridized carbons (Fsp3) is 0.318. The summed E-state index contributed by atoms with van der Waals surface area (Å²) in [6.07, 6.45) is 4.64. The summed E-state index contributed by atoms with van der Waals surface area (Å²) in [6.45, 7) is 3.31. The number of benzene rings is 1. The van der Waals surface area contributed by atoms with E-state index in [1.165, 1.54) is 12.1 Å². The average molecular weight is 422 g/mol. The Morgan fingerprint density at radius 2 is 1.94 bits per heavy atom. The van der Waals surface area contributed by atoms with Gasteiger partial charge in [0, 0.05) is 37.9 Å². The van der Waals surface area contributed by atoms with E-state index in [1.807, 2.05) is 0 Å². The van der Waals surface area contributed by atoms with Crippen LogP contribution < -0.4 is 5.32 Å². The first-order chi connectivity index (χ1) is 15.0. The lowest BCUT2D eigenvalue weighted by atomic mass is 9.95. The predicted molar refractivity (Wildman–Crippen MR) is 111 cm³/mol. The van der Waals surface area contributed by atoms with Gasteiger partial charge in [-0.1, -0.05) is 12.1 Å². The number of aryl methyl sites for hydroxylation is 1. The minimum Gasteiger partial charge on any atom is -0.348 e. The van der Waals surface area contributed by atoms with Crippen molar-refractivity contribution >= 4 is 11.8 Å². The number of carbonyl (C=O) groups excluding carboxylic acids is 2. The molecule has 0 bridgehead atoms. The van der Waals surface area contributed by atoms with Crippen molar-refractivity contribution in [2.24, 2.45) is 0 Å². The zero-order valence-corrected chi connectivity index (χ0v) is 17.1. The van der Waals surface area contributed by atoms with E-state index in [4.69, 9.17) is 0 Å². The zero-order chi connectivity index (χ0) is 21.8. The molecule has 9 heteroatoms.